The molecule has 0 aliphatic rings. The van der Waals surface area contributed by atoms with Gasteiger partial charge in [-0.15, -0.1) is 11.3 Å². The van der Waals surface area contributed by atoms with E-state index in [9.17, 15) is 14.0 Å². The van der Waals surface area contributed by atoms with Crippen molar-refractivity contribution in [1.82, 2.24) is 19.9 Å². The van der Waals surface area contributed by atoms with Gasteiger partial charge in [-0.25, -0.2) is 13.9 Å². The number of nitrogens with one attached hydrogen (secondary N) is 2. The SMILES string of the molecule is O=C(Cc1ccc(F)cc1)NCc1cc(=O)n2[nH]c(-c3cccs3)cc2n1. The van der Waals surface area contributed by atoms with E-state index >= 15 is 0 Å². The second kappa shape index (κ2) is 7.16. The molecule has 4 aromatic rings. The van der Waals surface area contributed by atoms with Gasteiger partial charge in [-0.2, -0.15) is 0 Å². The van der Waals surface area contributed by atoms with Gasteiger partial charge in [-0.1, -0.05) is 18.2 Å². The molecule has 3 aromatic heterocycles. The highest BCUT2D eigenvalue weighted by Gasteiger charge is 2.10. The number of nitrogens with zero attached hydrogens (tertiary/aromatic N) is 2. The molecule has 0 aliphatic heterocycles. The lowest BCUT2D eigenvalue weighted by Crippen LogP contribution is -2.26. The highest BCUT2D eigenvalue weighted by atomic mass is 32.1. The number of rotatable bonds is 5. The van der Waals surface area contributed by atoms with Crippen LogP contribution in [-0.2, 0) is 17.8 Å². The third-order valence-electron chi connectivity index (χ3n) is 4.03. The minimum atomic E-state index is -0.342. The fourth-order valence-electron chi connectivity index (χ4n) is 2.73. The van der Waals surface area contributed by atoms with Crippen molar-refractivity contribution < 1.29 is 9.18 Å². The number of amides is 1. The van der Waals surface area contributed by atoms with Crippen molar-refractivity contribution in [3.63, 3.8) is 0 Å². The van der Waals surface area contributed by atoms with E-state index in [1.54, 1.807) is 29.5 Å². The molecule has 8 heteroatoms. The summed E-state index contributed by atoms with van der Waals surface area (Å²) in [4.78, 5) is 29.8. The first-order valence-corrected chi connectivity index (χ1v) is 9.13. The van der Waals surface area contributed by atoms with Gasteiger partial charge >= 0.3 is 0 Å². The van der Waals surface area contributed by atoms with Crippen LogP contribution in [0.15, 0.2) is 58.7 Å². The molecule has 0 aliphatic carbocycles. The van der Waals surface area contributed by atoms with Crippen LogP contribution >= 0.6 is 11.3 Å². The van der Waals surface area contributed by atoms with E-state index < -0.39 is 0 Å². The minimum absolute atomic E-state index is 0.133. The summed E-state index contributed by atoms with van der Waals surface area (Å²) in [6.45, 7) is 0.144. The molecule has 6 nitrogen and oxygen atoms in total. The van der Waals surface area contributed by atoms with Gasteiger partial charge in [0.25, 0.3) is 5.56 Å². The number of benzene rings is 1. The summed E-state index contributed by atoms with van der Waals surface area (Å²) < 4.78 is 14.3. The van der Waals surface area contributed by atoms with E-state index in [0.717, 1.165) is 10.6 Å². The van der Waals surface area contributed by atoms with E-state index in [2.05, 4.69) is 15.4 Å². The predicted molar refractivity (Wildman–Crippen MR) is 101 cm³/mol. The van der Waals surface area contributed by atoms with Crippen LogP contribution < -0.4 is 10.9 Å². The molecule has 1 aromatic carbocycles. The average Bonchev–Trinajstić information content (AvgIpc) is 3.31. The van der Waals surface area contributed by atoms with Crippen LogP contribution in [0, 0.1) is 5.82 Å². The number of H-pyrrole nitrogens is 1. The van der Waals surface area contributed by atoms with Gasteiger partial charge in [0, 0.05) is 12.1 Å². The van der Waals surface area contributed by atoms with Crippen molar-refractivity contribution in [2.75, 3.05) is 0 Å². The van der Waals surface area contributed by atoms with Gasteiger partial charge in [0.05, 0.1) is 29.2 Å². The van der Waals surface area contributed by atoms with Crippen LogP contribution in [0.4, 0.5) is 4.39 Å². The zero-order valence-electron chi connectivity index (χ0n) is 14.1. The first-order valence-electron chi connectivity index (χ1n) is 8.25. The molecule has 3 heterocycles. The fourth-order valence-corrected chi connectivity index (χ4v) is 3.42. The third kappa shape index (κ3) is 3.80. The van der Waals surface area contributed by atoms with Gasteiger partial charge in [0.2, 0.25) is 5.91 Å². The molecular formula is C19H15FN4O2S. The molecule has 4 rings (SSSR count). The first kappa shape index (κ1) is 17.2. The Morgan fingerprint density at radius 1 is 1.22 bits per heavy atom. The Bertz CT molecular complexity index is 1150. The summed E-state index contributed by atoms with van der Waals surface area (Å²) in [5.74, 6) is -0.567. The Morgan fingerprint density at radius 3 is 2.78 bits per heavy atom. The van der Waals surface area contributed by atoms with Crippen molar-refractivity contribution in [2.45, 2.75) is 13.0 Å². The normalized spacial score (nSPS) is 11.0. The van der Waals surface area contributed by atoms with Crippen molar-refractivity contribution in [2.24, 2.45) is 0 Å². The maximum absolute atomic E-state index is 12.9. The largest absolute Gasteiger partial charge is 0.350 e. The lowest BCUT2D eigenvalue weighted by atomic mass is 10.1. The number of halogens is 1. The molecule has 0 saturated carbocycles. The molecule has 136 valence electrons. The van der Waals surface area contributed by atoms with Gasteiger partial charge in [0.15, 0.2) is 5.65 Å². The summed E-state index contributed by atoms with van der Waals surface area (Å²) >= 11 is 1.56. The molecule has 2 N–H and O–H groups in total. The monoisotopic (exact) mass is 382 g/mol. The first-order chi connectivity index (χ1) is 13.1. The molecular weight excluding hydrogens is 367 g/mol. The zero-order valence-corrected chi connectivity index (χ0v) is 14.9. The molecule has 0 radical (unpaired) electrons. The number of carbonyl (C=O) groups excluding carboxylic acids is 1. The lowest BCUT2D eigenvalue weighted by Gasteiger charge is -2.05. The van der Waals surface area contributed by atoms with E-state index in [4.69, 9.17) is 0 Å². The van der Waals surface area contributed by atoms with Crippen LogP contribution in [0.25, 0.3) is 16.2 Å². The van der Waals surface area contributed by atoms with Crippen molar-refractivity contribution in [3.05, 3.63) is 81.3 Å². The van der Waals surface area contributed by atoms with E-state index in [-0.39, 0.29) is 30.2 Å². The van der Waals surface area contributed by atoms with Crippen LogP contribution in [-0.4, -0.2) is 20.5 Å². The Balaban J connectivity index is 1.48. The maximum atomic E-state index is 12.9. The highest BCUT2D eigenvalue weighted by molar-refractivity contribution is 7.13. The Kier molecular flexibility index (Phi) is 4.55. The lowest BCUT2D eigenvalue weighted by molar-refractivity contribution is -0.120. The fraction of sp³-hybridized carbons (Fsp3) is 0.105. The van der Waals surface area contributed by atoms with Crippen LogP contribution in [0.2, 0.25) is 0 Å². The second-order valence-corrected chi connectivity index (χ2v) is 6.95. The molecule has 27 heavy (non-hydrogen) atoms. The smallest absolute Gasteiger partial charge is 0.272 e. The van der Waals surface area contributed by atoms with Gasteiger partial charge in [-0.05, 0) is 29.1 Å². The predicted octanol–water partition coefficient (Wildman–Crippen LogP) is 2.75. The third-order valence-corrected chi connectivity index (χ3v) is 4.94. The van der Waals surface area contributed by atoms with E-state index in [1.165, 1.54) is 22.7 Å². The Labute approximate surface area is 157 Å². The highest BCUT2D eigenvalue weighted by Crippen LogP contribution is 2.23. The summed E-state index contributed by atoms with van der Waals surface area (Å²) in [5.41, 5.74) is 2.25. The summed E-state index contributed by atoms with van der Waals surface area (Å²) in [6.07, 6.45) is 0.133. The molecule has 0 spiro atoms. The van der Waals surface area contributed by atoms with E-state index in [1.807, 2.05) is 17.5 Å². The maximum Gasteiger partial charge on any atom is 0.272 e. The molecule has 0 fully saturated rings. The molecule has 0 unspecified atom stereocenters. The van der Waals surface area contributed by atoms with Crippen molar-refractivity contribution in [1.29, 1.82) is 0 Å². The van der Waals surface area contributed by atoms with Crippen LogP contribution in [0.5, 0.6) is 0 Å². The topological polar surface area (TPSA) is 79.3 Å². The minimum Gasteiger partial charge on any atom is -0.350 e. The van der Waals surface area contributed by atoms with Crippen molar-refractivity contribution >= 4 is 22.9 Å². The quantitative estimate of drug-likeness (QED) is 0.557. The van der Waals surface area contributed by atoms with Crippen molar-refractivity contribution in [3.8, 4) is 10.6 Å². The summed E-state index contributed by atoms with van der Waals surface area (Å²) in [5, 5.41) is 7.72. The Hall–Kier alpha value is -3.26. The number of fused-ring (bicyclic) bond motifs is 1. The van der Waals surface area contributed by atoms with Gasteiger partial charge in [-0.3, -0.25) is 14.7 Å². The average molecular weight is 382 g/mol. The number of aromatic nitrogens is 3. The zero-order chi connectivity index (χ0) is 18.8. The number of carbonyl (C=O) groups is 1. The van der Waals surface area contributed by atoms with Crippen LogP contribution in [0.3, 0.4) is 0 Å². The molecule has 0 atom stereocenters. The number of thiophene rings is 1. The summed E-state index contributed by atoms with van der Waals surface area (Å²) in [6, 6.07) is 12.8. The number of hydrogen-bond acceptors (Lipinski definition) is 4. The molecule has 1 amide bonds. The summed E-state index contributed by atoms with van der Waals surface area (Å²) in [7, 11) is 0. The molecule has 0 bridgehead atoms. The van der Waals surface area contributed by atoms with E-state index in [0.29, 0.717) is 16.9 Å². The van der Waals surface area contributed by atoms with Gasteiger partial charge in [0.1, 0.15) is 5.82 Å². The standard InChI is InChI=1S/C19H15FN4O2S/c20-13-5-3-12(4-6-13)8-18(25)21-11-14-9-19(26)24-17(22-14)10-15(23-24)16-2-1-7-27-16/h1-7,9-10,23H,8,11H2,(H,21,25). The second-order valence-electron chi connectivity index (χ2n) is 6.01. The number of aromatic amines is 1. The van der Waals surface area contributed by atoms with Gasteiger partial charge < -0.3 is 5.32 Å². The molecule has 0 saturated heterocycles. The van der Waals surface area contributed by atoms with Crippen LogP contribution in [0.1, 0.15) is 11.3 Å². The Morgan fingerprint density at radius 2 is 2.04 bits per heavy atom. The number of hydrogen-bond donors (Lipinski definition) is 2.